The van der Waals surface area contributed by atoms with E-state index in [1.54, 1.807) is 0 Å². The van der Waals surface area contributed by atoms with Gasteiger partial charge in [-0.25, -0.2) is 0 Å². The summed E-state index contributed by atoms with van der Waals surface area (Å²) in [4.78, 5) is 0. The van der Waals surface area contributed by atoms with Gasteiger partial charge in [0.25, 0.3) is 0 Å². The Hall–Kier alpha value is -0.860. The van der Waals surface area contributed by atoms with E-state index < -0.39 is 6.10 Å². The number of aliphatic hydroxyl groups excluding tert-OH is 2. The second-order valence-corrected chi connectivity index (χ2v) is 4.54. The van der Waals surface area contributed by atoms with Crippen molar-refractivity contribution in [3.8, 4) is 0 Å². The summed E-state index contributed by atoms with van der Waals surface area (Å²) in [6.07, 6.45) is 3.57. The number of rotatable bonds is 3. The Bertz CT molecular complexity index is 302. The van der Waals surface area contributed by atoms with Gasteiger partial charge >= 0.3 is 0 Å². The number of aliphatic hydroxyl groups is 2. The molecule has 2 N–H and O–H groups in total. The minimum absolute atomic E-state index is 0.0864. The number of benzene rings is 1. The predicted octanol–water partition coefficient (Wildman–Crippen LogP) is 2.27. The molecule has 2 rings (SSSR count). The summed E-state index contributed by atoms with van der Waals surface area (Å²) in [6, 6.07) is 9.66. The van der Waals surface area contributed by atoms with Crippen LogP contribution in [0.25, 0.3) is 0 Å². The highest BCUT2D eigenvalue weighted by molar-refractivity contribution is 5.20. The lowest BCUT2D eigenvalue weighted by atomic mass is 9.78. The van der Waals surface area contributed by atoms with Gasteiger partial charge < -0.3 is 10.2 Å². The van der Waals surface area contributed by atoms with Crippen LogP contribution in [-0.2, 0) is 0 Å². The van der Waals surface area contributed by atoms with E-state index >= 15 is 0 Å². The van der Waals surface area contributed by atoms with Crippen molar-refractivity contribution in [3.05, 3.63) is 35.9 Å². The summed E-state index contributed by atoms with van der Waals surface area (Å²) in [5.74, 6) is 0. The smallest absolute Gasteiger partial charge is 0.0868 e. The SMILES string of the molecule is OCC1(C(O)c2ccccc2)CCCC1. The zero-order valence-electron chi connectivity index (χ0n) is 8.89. The Labute approximate surface area is 90.6 Å². The molecule has 0 amide bonds. The van der Waals surface area contributed by atoms with Gasteiger partial charge in [0.15, 0.2) is 0 Å². The molecule has 0 heterocycles. The Morgan fingerprint density at radius 1 is 1.13 bits per heavy atom. The molecule has 82 valence electrons. The van der Waals surface area contributed by atoms with Crippen LogP contribution >= 0.6 is 0 Å². The van der Waals surface area contributed by atoms with Crippen LogP contribution in [-0.4, -0.2) is 16.8 Å². The van der Waals surface area contributed by atoms with E-state index in [-0.39, 0.29) is 12.0 Å². The first-order chi connectivity index (χ1) is 7.28. The molecular formula is C13H18O2. The standard InChI is InChI=1S/C13H18O2/c14-10-13(8-4-5-9-13)12(15)11-6-2-1-3-7-11/h1-3,6-7,12,14-15H,4-5,8-10H2. The summed E-state index contributed by atoms with van der Waals surface area (Å²) >= 11 is 0. The minimum Gasteiger partial charge on any atom is -0.396 e. The second-order valence-electron chi connectivity index (χ2n) is 4.54. The Kier molecular flexibility index (Phi) is 3.08. The van der Waals surface area contributed by atoms with Gasteiger partial charge in [-0.05, 0) is 18.4 Å². The third-order valence-corrected chi connectivity index (χ3v) is 3.61. The van der Waals surface area contributed by atoms with Crippen molar-refractivity contribution in [2.24, 2.45) is 5.41 Å². The lowest BCUT2D eigenvalue weighted by molar-refractivity contribution is -0.0153. The van der Waals surface area contributed by atoms with Crippen LogP contribution in [0.4, 0.5) is 0 Å². The fourth-order valence-electron chi connectivity index (χ4n) is 2.59. The van der Waals surface area contributed by atoms with Crippen molar-refractivity contribution in [1.82, 2.24) is 0 Å². The molecule has 1 aromatic rings. The quantitative estimate of drug-likeness (QED) is 0.796. The summed E-state index contributed by atoms with van der Waals surface area (Å²) in [7, 11) is 0. The van der Waals surface area contributed by atoms with Crippen molar-refractivity contribution in [3.63, 3.8) is 0 Å². The van der Waals surface area contributed by atoms with Crippen molar-refractivity contribution in [1.29, 1.82) is 0 Å². The number of hydrogen-bond acceptors (Lipinski definition) is 2. The topological polar surface area (TPSA) is 40.5 Å². The molecule has 1 fully saturated rings. The van der Waals surface area contributed by atoms with Crippen LogP contribution in [0.5, 0.6) is 0 Å². The zero-order chi connectivity index (χ0) is 10.7. The van der Waals surface area contributed by atoms with Gasteiger partial charge in [0.1, 0.15) is 0 Å². The summed E-state index contributed by atoms with van der Waals surface area (Å²) in [6.45, 7) is 0.0864. The maximum Gasteiger partial charge on any atom is 0.0868 e. The molecule has 1 aromatic carbocycles. The van der Waals surface area contributed by atoms with E-state index in [1.807, 2.05) is 30.3 Å². The first kappa shape index (κ1) is 10.7. The summed E-state index contributed by atoms with van der Waals surface area (Å²) < 4.78 is 0. The zero-order valence-corrected chi connectivity index (χ0v) is 8.89. The molecule has 0 spiro atoms. The van der Waals surface area contributed by atoms with Crippen molar-refractivity contribution in [2.75, 3.05) is 6.61 Å². The fraction of sp³-hybridized carbons (Fsp3) is 0.538. The Morgan fingerprint density at radius 2 is 1.73 bits per heavy atom. The van der Waals surface area contributed by atoms with Crippen molar-refractivity contribution in [2.45, 2.75) is 31.8 Å². The van der Waals surface area contributed by atoms with E-state index in [2.05, 4.69) is 0 Å². The molecule has 1 atom stereocenters. The van der Waals surface area contributed by atoms with Crippen LogP contribution in [0.1, 0.15) is 37.4 Å². The molecule has 1 aliphatic carbocycles. The molecular weight excluding hydrogens is 188 g/mol. The van der Waals surface area contributed by atoms with Gasteiger partial charge in [-0.1, -0.05) is 43.2 Å². The minimum atomic E-state index is -0.522. The normalized spacial score (nSPS) is 21.5. The molecule has 0 aromatic heterocycles. The summed E-state index contributed by atoms with van der Waals surface area (Å²) in [5.41, 5.74) is 0.634. The molecule has 2 heteroatoms. The molecule has 1 saturated carbocycles. The third-order valence-electron chi connectivity index (χ3n) is 3.61. The monoisotopic (exact) mass is 206 g/mol. The highest BCUT2D eigenvalue weighted by atomic mass is 16.3. The molecule has 15 heavy (non-hydrogen) atoms. The lowest BCUT2D eigenvalue weighted by Crippen LogP contribution is -2.29. The first-order valence-electron chi connectivity index (χ1n) is 5.62. The van der Waals surface area contributed by atoms with Crippen LogP contribution < -0.4 is 0 Å². The van der Waals surface area contributed by atoms with E-state index in [0.29, 0.717) is 0 Å². The van der Waals surface area contributed by atoms with Gasteiger partial charge in [-0.15, -0.1) is 0 Å². The molecule has 1 aliphatic rings. The molecule has 1 unspecified atom stereocenters. The number of hydrogen-bond donors (Lipinski definition) is 2. The largest absolute Gasteiger partial charge is 0.396 e. The summed E-state index contributed by atoms with van der Waals surface area (Å²) in [5, 5.41) is 19.8. The molecule has 0 bridgehead atoms. The lowest BCUT2D eigenvalue weighted by Gasteiger charge is -2.32. The first-order valence-corrected chi connectivity index (χ1v) is 5.62. The highest BCUT2D eigenvalue weighted by Gasteiger charge is 2.40. The van der Waals surface area contributed by atoms with Gasteiger partial charge in [0.2, 0.25) is 0 Å². The van der Waals surface area contributed by atoms with Crippen LogP contribution in [0.2, 0.25) is 0 Å². The van der Waals surface area contributed by atoms with E-state index in [9.17, 15) is 10.2 Å². The van der Waals surface area contributed by atoms with Crippen molar-refractivity contribution >= 4 is 0 Å². The average molecular weight is 206 g/mol. The predicted molar refractivity (Wildman–Crippen MR) is 59.4 cm³/mol. The highest BCUT2D eigenvalue weighted by Crippen LogP contribution is 2.47. The molecule has 0 saturated heterocycles. The van der Waals surface area contributed by atoms with E-state index in [1.165, 1.54) is 0 Å². The maximum atomic E-state index is 10.3. The second kappa shape index (κ2) is 4.33. The molecule has 2 nitrogen and oxygen atoms in total. The molecule has 0 radical (unpaired) electrons. The van der Waals surface area contributed by atoms with Crippen molar-refractivity contribution < 1.29 is 10.2 Å². The van der Waals surface area contributed by atoms with E-state index in [0.717, 1.165) is 31.2 Å². The molecule has 0 aliphatic heterocycles. The van der Waals surface area contributed by atoms with Crippen LogP contribution in [0.3, 0.4) is 0 Å². The van der Waals surface area contributed by atoms with Gasteiger partial charge in [-0.3, -0.25) is 0 Å². The van der Waals surface area contributed by atoms with Gasteiger partial charge in [0.05, 0.1) is 12.7 Å². The van der Waals surface area contributed by atoms with E-state index in [4.69, 9.17) is 0 Å². The van der Waals surface area contributed by atoms with Crippen LogP contribution in [0.15, 0.2) is 30.3 Å². The van der Waals surface area contributed by atoms with Gasteiger partial charge in [0, 0.05) is 5.41 Å². The average Bonchev–Trinajstić information content (AvgIpc) is 2.79. The maximum absolute atomic E-state index is 10.3. The Morgan fingerprint density at radius 3 is 2.27 bits per heavy atom. The third kappa shape index (κ3) is 1.92. The van der Waals surface area contributed by atoms with Crippen LogP contribution in [0, 0.1) is 5.41 Å². The fourth-order valence-corrected chi connectivity index (χ4v) is 2.59. The van der Waals surface area contributed by atoms with Gasteiger partial charge in [-0.2, -0.15) is 0 Å². The Balaban J connectivity index is 2.22.